The molecule has 3 aliphatic rings. The van der Waals surface area contributed by atoms with Gasteiger partial charge >= 0.3 is 0 Å². The topological polar surface area (TPSA) is 101 Å². The Balaban J connectivity index is 0.000000316. The van der Waals surface area contributed by atoms with Crippen molar-refractivity contribution >= 4 is 28.4 Å². The third kappa shape index (κ3) is 5.64. The van der Waals surface area contributed by atoms with Gasteiger partial charge in [0.05, 0.1) is 17.7 Å². The van der Waals surface area contributed by atoms with E-state index in [9.17, 15) is 9.59 Å². The molecule has 38 heavy (non-hydrogen) atoms. The van der Waals surface area contributed by atoms with Crippen LogP contribution in [0.2, 0.25) is 0 Å². The van der Waals surface area contributed by atoms with Crippen molar-refractivity contribution in [3.05, 3.63) is 53.7 Å². The Kier molecular flexibility index (Phi) is 8.45. The van der Waals surface area contributed by atoms with Crippen LogP contribution in [-0.2, 0) is 6.42 Å². The van der Waals surface area contributed by atoms with E-state index < -0.39 is 5.91 Å². The van der Waals surface area contributed by atoms with Crippen molar-refractivity contribution in [3.63, 3.8) is 0 Å². The summed E-state index contributed by atoms with van der Waals surface area (Å²) in [5.74, 6) is -0.258. The summed E-state index contributed by atoms with van der Waals surface area (Å²) in [4.78, 5) is 27.1. The molecule has 2 fully saturated rings. The number of amides is 1. The first-order valence-corrected chi connectivity index (χ1v) is 14.3. The second-order valence-corrected chi connectivity index (χ2v) is 10.8. The molecule has 0 radical (unpaired) electrons. The fourth-order valence-corrected chi connectivity index (χ4v) is 6.30. The highest BCUT2D eigenvalue weighted by molar-refractivity contribution is 6.06. The molecule has 0 atom stereocenters. The molecule has 1 saturated carbocycles. The van der Waals surface area contributed by atoms with Gasteiger partial charge in [-0.25, -0.2) is 0 Å². The maximum atomic E-state index is 12.7. The van der Waals surface area contributed by atoms with Gasteiger partial charge < -0.3 is 21.1 Å². The zero-order chi connectivity index (χ0) is 26.5. The van der Waals surface area contributed by atoms with Crippen LogP contribution in [0.5, 0.6) is 0 Å². The number of primary amides is 1. The van der Waals surface area contributed by atoms with E-state index in [0.29, 0.717) is 24.6 Å². The molecule has 7 nitrogen and oxygen atoms in total. The lowest BCUT2D eigenvalue weighted by atomic mass is 9.93. The summed E-state index contributed by atoms with van der Waals surface area (Å²) in [6, 6.07) is 14.3. The molecule has 3 aromatic rings. The van der Waals surface area contributed by atoms with Crippen LogP contribution in [0.15, 0.2) is 42.5 Å². The number of anilines is 1. The lowest BCUT2D eigenvalue weighted by Gasteiger charge is -2.25. The summed E-state index contributed by atoms with van der Waals surface area (Å²) in [5.41, 5.74) is 11.2. The Bertz CT molecular complexity index is 1290. The number of nitrogens with zero attached hydrogens (tertiary/aromatic N) is 2. The Labute approximate surface area is 225 Å². The number of aliphatic hydroxyl groups is 1. The first-order valence-electron chi connectivity index (χ1n) is 14.3. The van der Waals surface area contributed by atoms with Gasteiger partial charge in [-0.2, -0.15) is 0 Å². The second kappa shape index (κ2) is 12.1. The molecule has 1 aliphatic carbocycles. The molecule has 3 heterocycles. The molecule has 2 aliphatic heterocycles. The van der Waals surface area contributed by atoms with Crippen molar-refractivity contribution in [2.24, 2.45) is 5.73 Å². The number of nitrogens with two attached hydrogens (primary N) is 1. The molecular formula is C31H40N4O3. The molecule has 0 unspecified atom stereocenters. The van der Waals surface area contributed by atoms with Crippen LogP contribution < -0.4 is 11.1 Å². The van der Waals surface area contributed by atoms with E-state index in [0.717, 1.165) is 65.6 Å². The normalized spacial score (nSPS) is 18.2. The molecule has 6 rings (SSSR count). The summed E-state index contributed by atoms with van der Waals surface area (Å²) in [6.45, 7) is 3.58. The number of para-hydroxylation sites is 1. The van der Waals surface area contributed by atoms with Crippen LogP contribution in [0, 0.1) is 0 Å². The molecular weight excluding hydrogens is 476 g/mol. The van der Waals surface area contributed by atoms with Crippen LogP contribution in [0.3, 0.4) is 0 Å². The second-order valence-electron chi connectivity index (χ2n) is 10.8. The smallest absolute Gasteiger partial charge is 0.250 e. The van der Waals surface area contributed by atoms with Crippen molar-refractivity contribution in [2.75, 3.05) is 31.6 Å². The number of aromatic nitrogens is 1. The van der Waals surface area contributed by atoms with E-state index in [-0.39, 0.29) is 5.91 Å². The maximum absolute atomic E-state index is 12.7. The molecule has 2 aromatic carbocycles. The fraction of sp³-hybridized carbons (Fsp3) is 0.484. The Morgan fingerprint density at radius 2 is 1.74 bits per heavy atom. The fourth-order valence-electron chi connectivity index (χ4n) is 6.30. The molecule has 1 aromatic heterocycles. The van der Waals surface area contributed by atoms with Gasteiger partial charge in [-0.15, -0.1) is 0 Å². The zero-order valence-electron chi connectivity index (χ0n) is 22.3. The van der Waals surface area contributed by atoms with Crippen molar-refractivity contribution in [1.82, 2.24) is 9.47 Å². The molecule has 1 saturated heterocycles. The van der Waals surface area contributed by atoms with Gasteiger partial charge in [0.1, 0.15) is 0 Å². The van der Waals surface area contributed by atoms with E-state index in [1.165, 1.54) is 45.2 Å². The number of hydrogen-bond donors (Lipinski definition) is 3. The van der Waals surface area contributed by atoms with Gasteiger partial charge in [-0.1, -0.05) is 43.5 Å². The van der Waals surface area contributed by atoms with E-state index in [1.54, 1.807) is 0 Å². The molecule has 0 spiro atoms. The highest BCUT2D eigenvalue weighted by Crippen LogP contribution is 2.39. The molecule has 0 bridgehead atoms. The van der Waals surface area contributed by atoms with Gasteiger partial charge in [0.2, 0.25) is 5.91 Å². The first-order chi connectivity index (χ1) is 18.6. The zero-order valence-corrected chi connectivity index (χ0v) is 22.3. The Morgan fingerprint density at radius 1 is 0.974 bits per heavy atom. The lowest BCUT2D eigenvalue weighted by Crippen LogP contribution is -2.24. The predicted octanol–water partition coefficient (Wildman–Crippen LogP) is 5.20. The van der Waals surface area contributed by atoms with Crippen LogP contribution in [0.4, 0.5) is 5.69 Å². The minimum atomic E-state index is -0.418. The summed E-state index contributed by atoms with van der Waals surface area (Å²) in [6.07, 6.45) is 10.9. The van der Waals surface area contributed by atoms with Crippen molar-refractivity contribution in [1.29, 1.82) is 0 Å². The van der Waals surface area contributed by atoms with Gasteiger partial charge in [0.15, 0.2) is 0 Å². The van der Waals surface area contributed by atoms with Crippen molar-refractivity contribution in [3.8, 4) is 11.1 Å². The Hall–Kier alpha value is -3.16. The quantitative estimate of drug-likeness (QED) is 0.418. The number of carbonyl (C=O) groups excluding carboxylic acids is 2. The standard InChI is InChI=1S/C25H27N3O2.C6H13NO/c26-25(30)18-14-13-16(15-20(18)27-17-7-2-1-3-8-17)24-19-9-4-5-10-21(19)28-22(24)11-6-12-23(28)29;8-6-5-7-3-1-2-4-7/h4-5,9-10,13-15,17,27H,1-3,6-8,11-12H2,(H2,26,30);8H,1-6H2. The minimum Gasteiger partial charge on any atom is -0.395 e. The average molecular weight is 517 g/mol. The number of fused-ring (bicyclic) bond motifs is 3. The SMILES string of the molecule is NC(=O)c1ccc(-c2c3n(c4ccccc24)C(=O)CCC3)cc1NC1CCCCC1.OCCN1CCCC1. The number of nitrogens with one attached hydrogen (secondary N) is 1. The van der Waals surface area contributed by atoms with Crippen LogP contribution in [-0.4, -0.2) is 58.7 Å². The third-order valence-electron chi connectivity index (χ3n) is 8.18. The number of rotatable bonds is 6. The van der Waals surface area contributed by atoms with E-state index in [2.05, 4.69) is 22.3 Å². The maximum Gasteiger partial charge on any atom is 0.250 e. The monoisotopic (exact) mass is 516 g/mol. The molecule has 202 valence electrons. The number of aliphatic hydroxyl groups excluding tert-OH is 1. The number of hydrogen-bond acceptors (Lipinski definition) is 5. The Morgan fingerprint density at radius 3 is 2.47 bits per heavy atom. The highest BCUT2D eigenvalue weighted by atomic mass is 16.3. The van der Waals surface area contributed by atoms with E-state index in [4.69, 9.17) is 10.8 Å². The molecule has 1 amide bonds. The van der Waals surface area contributed by atoms with E-state index in [1.807, 2.05) is 34.9 Å². The van der Waals surface area contributed by atoms with Crippen molar-refractivity contribution < 1.29 is 14.7 Å². The number of carbonyl (C=O) groups is 2. The summed E-state index contributed by atoms with van der Waals surface area (Å²) >= 11 is 0. The van der Waals surface area contributed by atoms with Gasteiger partial charge in [-0.05, 0) is 75.4 Å². The summed E-state index contributed by atoms with van der Waals surface area (Å²) < 4.78 is 1.89. The largest absolute Gasteiger partial charge is 0.395 e. The summed E-state index contributed by atoms with van der Waals surface area (Å²) in [7, 11) is 0. The number of likely N-dealkylation sites (tertiary alicyclic amines) is 1. The average Bonchev–Trinajstić information content (AvgIpc) is 3.56. The van der Waals surface area contributed by atoms with Gasteiger partial charge in [0.25, 0.3) is 5.91 Å². The number of β-amino-alcohol motifs (C(OH)–C–C–N with tert-alkyl or cyclic N) is 1. The van der Waals surface area contributed by atoms with Crippen LogP contribution >= 0.6 is 0 Å². The first kappa shape index (κ1) is 26.4. The van der Waals surface area contributed by atoms with E-state index >= 15 is 0 Å². The molecule has 7 heteroatoms. The highest BCUT2D eigenvalue weighted by Gasteiger charge is 2.26. The van der Waals surface area contributed by atoms with Crippen LogP contribution in [0.1, 0.15) is 78.6 Å². The summed E-state index contributed by atoms with van der Waals surface area (Å²) in [5, 5.41) is 13.2. The van der Waals surface area contributed by atoms with Gasteiger partial charge in [0, 0.05) is 41.3 Å². The lowest BCUT2D eigenvalue weighted by molar-refractivity contribution is 0.0889. The number of benzene rings is 2. The van der Waals surface area contributed by atoms with Crippen molar-refractivity contribution in [2.45, 2.75) is 70.3 Å². The van der Waals surface area contributed by atoms with Crippen LogP contribution in [0.25, 0.3) is 22.0 Å². The molecule has 4 N–H and O–H groups in total. The minimum absolute atomic E-state index is 0.160. The predicted molar refractivity (Wildman–Crippen MR) is 153 cm³/mol. The third-order valence-corrected chi connectivity index (χ3v) is 8.18. The van der Waals surface area contributed by atoms with Gasteiger partial charge in [-0.3, -0.25) is 14.2 Å².